The average molecular weight is 362 g/mol. The van der Waals surface area contributed by atoms with Crippen LogP contribution in [-0.4, -0.2) is 11.8 Å². The summed E-state index contributed by atoms with van der Waals surface area (Å²) in [6, 6.07) is 13.3. The van der Waals surface area contributed by atoms with Crippen molar-refractivity contribution in [1.82, 2.24) is 5.43 Å². The van der Waals surface area contributed by atoms with Crippen molar-refractivity contribution < 1.29 is 9.59 Å². The van der Waals surface area contributed by atoms with Gasteiger partial charge >= 0.3 is 0 Å². The number of hydrogen-bond acceptors (Lipinski definition) is 2. The summed E-state index contributed by atoms with van der Waals surface area (Å²) in [5.74, 6) is -0.691. The van der Waals surface area contributed by atoms with Crippen molar-refractivity contribution in [2.45, 2.75) is 46.5 Å². The van der Waals surface area contributed by atoms with E-state index in [2.05, 4.69) is 32.3 Å². The van der Waals surface area contributed by atoms with Gasteiger partial charge in [-0.25, -0.2) is 5.01 Å². The normalized spacial score (nSPS) is 15.5. The molecule has 0 unspecified atom stereocenters. The minimum Gasteiger partial charge on any atom is -0.267 e. The van der Waals surface area contributed by atoms with Crippen LogP contribution in [0.1, 0.15) is 48.4 Å². The fourth-order valence-electron chi connectivity index (χ4n) is 3.36. The number of aryl methyl sites for hydroxylation is 1. The number of para-hydroxylation sites is 1. The average Bonchev–Trinajstić information content (AvgIpc) is 2.96. The lowest BCUT2D eigenvalue weighted by molar-refractivity contribution is -0.117. The number of carbonyl (C=O) groups is 2. The molecule has 1 aliphatic rings. The molecule has 140 valence electrons. The van der Waals surface area contributed by atoms with Crippen molar-refractivity contribution in [3.8, 4) is 0 Å². The molecule has 4 nitrogen and oxygen atoms in total. The molecule has 1 saturated heterocycles. The lowest BCUT2D eigenvalue weighted by atomic mass is 9.94. The van der Waals surface area contributed by atoms with E-state index >= 15 is 0 Å². The van der Waals surface area contributed by atoms with Gasteiger partial charge in [-0.2, -0.15) is 0 Å². The summed E-state index contributed by atoms with van der Waals surface area (Å²) >= 11 is 0. The predicted molar refractivity (Wildman–Crippen MR) is 109 cm³/mol. The third-order valence-electron chi connectivity index (χ3n) is 5.20. The molecule has 0 bridgehead atoms. The Morgan fingerprint density at radius 2 is 1.70 bits per heavy atom. The summed E-state index contributed by atoms with van der Waals surface area (Å²) in [5.41, 5.74) is 8.09. The zero-order valence-corrected chi connectivity index (χ0v) is 16.2. The topological polar surface area (TPSA) is 49.4 Å². The van der Waals surface area contributed by atoms with E-state index in [4.69, 9.17) is 0 Å². The number of nitrogens with zero attached hydrogens (tertiary/aromatic N) is 1. The minimum atomic E-state index is -0.368. The van der Waals surface area contributed by atoms with E-state index in [0.29, 0.717) is 5.69 Å². The number of benzene rings is 2. The molecule has 27 heavy (non-hydrogen) atoms. The maximum Gasteiger partial charge on any atom is 0.282 e. The maximum absolute atomic E-state index is 12.7. The van der Waals surface area contributed by atoms with Gasteiger partial charge in [0, 0.05) is 0 Å². The second kappa shape index (κ2) is 8.21. The molecule has 3 rings (SSSR count). The van der Waals surface area contributed by atoms with Gasteiger partial charge in [-0.3, -0.25) is 15.0 Å². The van der Waals surface area contributed by atoms with Crippen LogP contribution >= 0.6 is 0 Å². The van der Waals surface area contributed by atoms with Gasteiger partial charge in [-0.1, -0.05) is 50.1 Å². The molecule has 0 spiro atoms. The number of hydrogen-bond donors (Lipinski definition) is 1. The van der Waals surface area contributed by atoms with Crippen molar-refractivity contribution in [2.75, 3.05) is 5.01 Å². The predicted octanol–water partition coefficient (Wildman–Crippen LogP) is 4.50. The summed E-state index contributed by atoms with van der Waals surface area (Å²) in [6.07, 6.45) is 6.40. The number of rotatable bonds is 6. The van der Waals surface area contributed by atoms with Gasteiger partial charge in [0.1, 0.15) is 5.57 Å². The van der Waals surface area contributed by atoms with Crippen LogP contribution in [0.5, 0.6) is 0 Å². The summed E-state index contributed by atoms with van der Waals surface area (Å²) in [7, 11) is 0. The third-order valence-corrected chi connectivity index (χ3v) is 5.20. The van der Waals surface area contributed by atoms with Crippen LogP contribution in [0.4, 0.5) is 5.69 Å². The van der Waals surface area contributed by atoms with Crippen molar-refractivity contribution in [2.24, 2.45) is 0 Å². The fourth-order valence-corrected chi connectivity index (χ4v) is 3.36. The highest BCUT2D eigenvalue weighted by Gasteiger charge is 2.34. The molecule has 0 atom stereocenters. The largest absolute Gasteiger partial charge is 0.282 e. The van der Waals surface area contributed by atoms with Crippen molar-refractivity contribution >= 4 is 23.6 Å². The lowest BCUT2D eigenvalue weighted by Crippen LogP contribution is -2.35. The van der Waals surface area contributed by atoms with E-state index < -0.39 is 0 Å². The monoisotopic (exact) mass is 362 g/mol. The number of anilines is 1. The highest BCUT2D eigenvalue weighted by Crippen LogP contribution is 2.25. The van der Waals surface area contributed by atoms with Crippen LogP contribution in [0.2, 0.25) is 0 Å². The van der Waals surface area contributed by atoms with Gasteiger partial charge in [0.25, 0.3) is 11.8 Å². The fraction of sp³-hybridized carbons (Fsp3) is 0.304. The summed E-state index contributed by atoms with van der Waals surface area (Å²) in [6.45, 7) is 6.37. The van der Waals surface area contributed by atoms with Crippen molar-refractivity contribution in [3.05, 3.63) is 70.3 Å². The highest BCUT2D eigenvalue weighted by molar-refractivity contribution is 6.31. The molecular formula is C23H26N2O2. The van der Waals surface area contributed by atoms with Gasteiger partial charge in [-0.05, 0) is 67.2 Å². The zero-order chi connectivity index (χ0) is 19.4. The van der Waals surface area contributed by atoms with E-state index in [1.165, 1.54) is 35.4 Å². The van der Waals surface area contributed by atoms with Crippen LogP contribution in [0.3, 0.4) is 0 Å². The summed E-state index contributed by atoms with van der Waals surface area (Å²) in [4.78, 5) is 25.1. The lowest BCUT2D eigenvalue weighted by Gasteiger charge is -2.14. The quantitative estimate of drug-likeness (QED) is 0.467. The van der Waals surface area contributed by atoms with Gasteiger partial charge in [-0.15, -0.1) is 0 Å². The van der Waals surface area contributed by atoms with E-state index in [0.717, 1.165) is 17.5 Å². The van der Waals surface area contributed by atoms with Crippen LogP contribution in [0, 0.1) is 13.8 Å². The smallest absolute Gasteiger partial charge is 0.267 e. The molecule has 4 heteroatoms. The van der Waals surface area contributed by atoms with E-state index in [-0.39, 0.29) is 17.4 Å². The van der Waals surface area contributed by atoms with Gasteiger partial charge < -0.3 is 0 Å². The van der Waals surface area contributed by atoms with Crippen LogP contribution in [0.25, 0.3) is 6.08 Å². The second-order valence-electron chi connectivity index (χ2n) is 7.00. The van der Waals surface area contributed by atoms with Gasteiger partial charge in [0.05, 0.1) is 5.69 Å². The maximum atomic E-state index is 12.7. The Morgan fingerprint density at radius 1 is 0.963 bits per heavy atom. The Balaban J connectivity index is 1.87. The molecule has 2 aromatic carbocycles. The van der Waals surface area contributed by atoms with Gasteiger partial charge in [0.15, 0.2) is 0 Å². The minimum absolute atomic E-state index is 0.167. The van der Waals surface area contributed by atoms with E-state index in [1.54, 1.807) is 18.2 Å². The Labute approximate surface area is 160 Å². The molecule has 2 aromatic rings. The number of nitrogens with one attached hydrogen (secondary N) is 1. The molecule has 1 fully saturated rings. The molecule has 0 saturated carbocycles. The first-order valence-corrected chi connectivity index (χ1v) is 9.54. The van der Waals surface area contributed by atoms with E-state index in [9.17, 15) is 9.59 Å². The highest BCUT2D eigenvalue weighted by atomic mass is 16.2. The summed E-state index contributed by atoms with van der Waals surface area (Å²) < 4.78 is 0. The first-order valence-electron chi connectivity index (χ1n) is 9.54. The van der Waals surface area contributed by atoms with Crippen LogP contribution in [-0.2, 0) is 16.0 Å². The molecule has 0 aliphatic carbocycles. The number of carbonyl (C=O) groups excluding carboxylic acids is 2. The third kappa shape index (κ3) is 3.95. The Kier molecular flexibility index (Phi) is 5.75. The molecule has 1 heterocycles. The molecule has 1 N–H and O–H groups in total. The number of hydrazine groups is 1. The molecule has 2 amide bonds. The first-order chi connectivity index (χ1) is 13.0. The SMILES string of the molecule is CCCCCc1ccc(/C=C2/C(=O)NN(c3ccccc3)C2=O)c(C)c1C. The van der Waals surface area contributed by atoms with Crippen molar-refractivity contribution in [3.63, 3.8) is 0 Å². The molecular weight excluding hydrogens is 336 g/mol. The Morgan fingerprint density at radius 3 is 2.41 bits per heavy atom. The number of amides is 2. The van der Waals surface area contributed by atoms with Gasteiger partial charge in [0.2, 0.25) is 0 Å². The molecule has 0 aromatic heterocycles. The van der Waals surface area contributed by atoms with Crippen LogP contribution in [0.15, 0.2) is 48.0 Å². The number of unbranched alkanes of at least 4 members (excludes halogenated alkanes) is 2. The Hall–Kier alpha value is -2.88. The molecule has 0 radical (unpaired) electrons. The summed E-state index contributed by atoms with van der Waals surface area (Å²) in [5, 5.41) is 1.30. The second-order valence-corrected chi connectivity index (χ2v) is 7.00. The van der Waals surface area contributed by atoms with Crippen LogP contribution < -0.4 is 10.4 Å². The van der Waals surface area contributed by atoms with Crippen molar-refractivity contribution in [1.29, 1.82) is 0 Å². The first kappa shape index (κ1) is 18.9. The molecule has 1 aliphatic heterocycles. The zero-order valence-electron chi connectivity index (χ0n) is 16.2. The standard InChI is InChI=1S/C23H26N2O2/c1-4-5-7-10-18-13-14-19(17(3)16(18)2)15-21-22(26)24-25(23(21)27)20-11-8-6-9-12-20/h6,8-9,11-15H,4-5,7,10H2,1-3H3,(H,24,26)/b21-15-. The van der Waals surface area contributed by atoms with E-state index in [1.807, 2.05) is 24.3 Å². The Bertz CT molecular complexity index is 885.